The number of alkyl halides is 3. The van der Waals surface area contributed by atoms with Crippen LogP contribution in [-0.2, 0) is 16.6 Å². The fourth-order valence-electron chi connectivity index (χ4n) is 5.11. The maximum atomic E-state index is 14.6. The van der Waals surface area contributed by atoms with E-state index >= 15 is 0 Å². The number of carbonyl (C=O) groups is 2. The average molecular weight is 567 g/mol. The Bertz CT molecular complexity index is 1510. The number of hydrogen-bond donors (Lipinski definition) is 3. The molecule has 3 N–H and O–H groups in total. The fourth-order valence-corrected chi connectivity index (χ4v) is 5.11. The van der Waals surface area contributed by atoms with Crippen molar-refractivity contribution in [1.29, 1.82) is 0 Å². The van der Waals surface area contributed by atoms with Gasteiger partial charge >= 0.3 is 12.2 Å². The van der Waals surface area contributed by atoms with E-state index in [0.29, 0.717) is 31.6 Å². The van der Waals surface area contributed by atoms with Crippen molar-refractivity contribution in [1.82, 2.24) is 15.5 Å². The second-order valence-corrected chi connectivity index (χ2v) is 9.69. The van der Waals surface area contributed by atoms with E-state index < -0.39 is 34.8 Å². The van der Waals surface area contributed by atoms with Crippen molar-refractivity contribution < 1.29 is 27.9 Å². The highest BCUT2D eigenvalue weighted by Gasteiger charge is 2.55. The van der Waals surface area contributed by atoms with Crippen LogP contribution in [0.5, 0.6) is 0 Å². The first kappa shape index (κ1) is 29.9. The SMILES string of the molecule is CCNC(=O)NCC#Cc1cc2c(c(C(F)(F)F)c1)C(O)(c1ccc3ccccc3c1)C(=O)N2CCN(CC)CC. The van der Waals surface area contributed by atoms with Gasteiger partial charge in [-0.1, -0.05) is 62.1 Å². The summed E-state index contributed by atoms with van der Waals surface area (Å²) in [5.41, 5.74) is -4.16. The maximum Gasteiger partial charge on any atom is 0.416 e. The molecule has 1 aliphatic heterocycles. The Hall–Kier alpha value is -4.07. The lowest BCUT2D eigenvalue weighted by molar-refractivity contribution is -0.142. The number of rotatable bonds is 8. The van der Waals surface area contributed by atoms with E-state index in [1.807, 2.05) is 30.9 Å². The summed E-state index contributed by atoms with van der Waals surface area (Å²) in [6.07, 6.45) is -4.89. The van der Waals surface area contributed by atoms with Crippen LogP contribution in [0.2, 0.25) is 0 Å². The number of urea groups is 1. The monoisotopic (exact) mass is 566 g/mol. The predicted molar refractivity (Wildman–Crippen MR) is 152 cm³/mol. The number of anilines is 1. The topological polar surface area (TPSA) is 84.9 Å². The van der Waals surface area contributed by atoms with Crippen LogP contribution in [0.3, 0.4) is 0 Å². The molecule has 3 aromatic carbocycles. The van der Waals surface area contributed by atoms with Gasteiger partial charge < -0.3 is 25.5 Å². The van der Waals surface area contributed by atoms with Gasteiger partial charge in [0.25, 0.3) is 5.91 Å². The molecule has 4 rings (SSSR count). The van der Waals surface area contributed by atoms with Gasteiger partial charge in [-0.3, -0.25) is 4.79 Å². The van der Waals surface area contributed by atoms with Crippen molar-refractivity contribution in [2.45, 2.75) is 32.5 Å². The molecular weight excluding hydrogens is 533 g/mol. The number of likely N-dealkylation sites (N-methyl/N-ethyl adjacent to an activating group) is 1. The van der Waals surface area contributed by atoms with Crippen LogP contribution in [0.4, 0.5) is 23.7 Å². The smallest absolute Gasteiger partial charge is 0.372 e. The van der Waals surface area contributed by atoms with Crippen LogP contribution >= 0.6 is 0 Å². The zero-order chi connectivity index (χ0) is 29.8. The normalized spacial score (nSPS) is 16.5. The Kier molecular flexibility index (Phi) is 8.90. The average Bonchev–Trinajstić information content (AvgIpc) is 3.17. The highest BCUT2D eigenvalue weighted by atomic mass is 19.4. The zero-order valence-corrected chi connectivity index (χ0v) is 23.2. The summed E-state index contributed by atoms with van der Waals surface area (Å²) in [6.45, 7) is 7.86. The van der Waals surface area contributed by atoms with Gasteiger partial charge in [0.15, 0.2) is 5.60 Å². The highest BCUT2D eigenvalue weighted by Crippen LogP contribution is 2.50. The molecule has 216 valence electrons. The lowest BCUT2D eigenvalue weighted by atomic mass is 9.83. The van der Waals surface area contributed by atoms with Crippen LogP contribution in [0, 0.1) is 11.8 Å². The van der Waals surface area contributed by atoms with Gasteiger partial charge in [0, 0.05) is 30.8 Å². The lowest BCUT2D eigenvalue weighted by Crippen LogP contribution is -2.44. The molecule has 1 heterocycles. The quantitative estimate of drug-likeness (QED) is 0.352. The molecule has 1 aliphatic rings. The van der Waals surface area contributed by atoms with E-state index in [1.54, 1.807) is 31.2 Å². The first-order valence-electron chi connectivity index (χ1n) is 13.6. The molecule has 1 unspecified atom stereocenters. The van der Waals surface area contributed by atoms with Gasteiger partial charge in [-0.15, -0.1) is 0 Å². The van der Waals surface area contributed by atoms with Crippen LogP contribution in [-0.4, -0.2) is 61.2 Å². The van der Waals surface area contributed by atoms with Crippen molar-refractivity contribution >= 4 is 28.4 Å². The minimum Gasteiger partial charge on any atom is -0.372 e. The van der Waals surface area contributed by atoms with E-state index in [1.165, 1.54) is 17.0 Å². The van der Waals surface area contributed by atoms with Gasteiger partial charge in [0.05, 0.1) is 17.8 Å². The van der Waals surface area contributed by atoms with Crippen LogP contribution in [0.1, 0.15) is 43.0 Å². The summed E-state index contributed by atoms with van der Waals surface area (Å²) >= 11 is 0. The molecule has 7 nitrogen and oxygen atoms in total. The summed E-state index contributed by atoms with van der Waals surface area (Å²) in [4.78, 5) is 28.9. The standard InChI is InChI=1S/C31H33F3N4O3/c1-4-35-29(40)36-15-9-10-21-18-25(31(32,33)34)27-26(19-21)38(17-16-37(5-2)6-3)28(39)30(27,41)24-14-13-22-11-7-8-12-23(22)20-24/h7-8,11-14,18-20,41H,4-6,15-17H2,1-3H3,(H2,35,36,40). The Morgan fingerprint density at radius 3 is 2.39 bits per heavy atom. The van der Waals surface area contributed by atoms with Crippen LogP contribution in [0.25, 0.3) is 10.8 Å². The van der Waals surface area contributed by atoms with Gasteiger partial charge in [-0.25, -0.2) is 4.79 Å². The molecule has 0 saturated heterocycles. The molecule has 3 amide bonds. The molecule has 41 heavy (non-hydrogen) atoms. The summed E-state index contributed by atoms with van der Waals surface area (Å²) in [5.74, 6) is 4.50. The molecular formula is C31H33F3N4O3. The maximum absolute atomic E-state index is 14.6. The number of amides is 3. The molecule has 0 fully saturated rings. The molecule has 0 aromatic heterocycles. The Morgan fingerprint density at radius 1 is 1.02 bits per heavy atom. The Morgan fingerprint density at radius 2 is 1.73 bits per heavy atom. The molecule has 1 atom stereocenters. The van der Waals surface area contributed by atoms with E-state index in [0.717, 1.165) is 11.5 Å². The largest absolute Gasteiger partial charge is 0.416 e. The van der Waals surface area contributed by atoms with Crippen molar-refractivity contribution in [2.75, 3.05) is 44.2 Å². The number of carbonyl (C=O) groups excluding carboxylic acids is 2. The summed E-state index contributed by atoms with van der Waals surface area (Å²) in [6, 6.07) is 13.8. The van der Waals surface area contributed by atoms with Crippen molar-refractivity contribution in [2.24, 2.45) is 0 Å². The minimum atomic E-state index is -4.89. The number of fused-ring (bicyclic) bond motifs is 2. The van der Waals surface area contributed by atoms with Gasteiger partial charge in [0.2, 0.25) is 0 Å². The van der Waals surface area contributed by atoms with E-state index in [2.05, 4.69) is 22.5 Å². The Balaban J connectivity index is 1.87. The van der Waals surface area contributed by atoms with Crippen molar-refractivity contribution in [3.63, 3.8) is 0 Å². The van der Waals surface area contributed by atoms with E-state index in [-0.39, 0.29) is 29.9 Å². The third-order valence-electron chi connectivity index (χ3n) is 7.24. The molecule has 0 spiro atoms. The zero-order valence-electron chi connectivity index (χ0n) is 23.2. The number of nitrogens with zero attached hydrogens (tertiary/aromatic N) is 2. The summed E-state index contributed by atoms with van der Waals surface area (Å²) in [7, 11) is 0. The predicted octanol–water partition coefficient (Wildman–Crippen LogP) is 4.45. The number of nitrogens with one attached hydrogen (secondary N) is 2. The number of hydrogen-bond acceptors (Lipinski definition) is 4. The van der Waals surface area contributed by atoms with Crippen molar-refractivity contribution in [3.05, 3.63) is 76.9 Å². The lowest BCUT2D eigenvalue weighted by Gasteiger charge is -2.26. The molecule has 0 radical (unpaired) electrons. The van der Waals surface area contributed by atoms with Gasteiger partial charge in [-0.2, -0.15) is 13.2 Å². The second-order valence-electron chi connectivity index (χ2n) is 9.69. The summed E-state index contributed by atoms with van der Waals surface area (Å²) in [5, 5.41) is 18.6. The highest BCUT2D eigenvalue weighted by molar-refractivity contribution is 6.10. The molecule has 10 heteroatoms. The van der Waals surface area contributed by atoms with Crippen LogP contribution in [0.15, 0.2) is 54.6 Å². The van der Waals surface area contributed by atoms with Gasteiger partial charge in [0.1, 0.15) is 0 Å². The first-order valence-corrected chi connectivity index (χ1v) is 13.6. The van der Waals surface area contributed by atoms with Gasteiger partial charge in [-0.05, 0) is 54.5 Å². The third-order valence-corrected chi connectivity index (χ3v) is 7.24. The molecule has 0 saturated carbocycles. The molecule has 0 bridgehead atoms. The van der Waals surface area contributed by atoms with Crippen molar-refractivity contribution in [3.8, 4) is 11.8 Å². The van der Waals surface area contributed by atoms with E-state index in [4.69, 9.17) is 0 Å². The molecule has 0 aliphatic carbocycles. The summed E-state index contributed by atoms with van der Waals surface area (Å²) < 4.78 is 43.9. The number of aliphatic hydroxyl groups is 1. The first-order chi connectivity index (χ1) is 19.5. The third kappa shape index (κ3) is 6.01. The van der Waals surface area contributed by atoms with Crippen LogP contribution < -0.4 is 15.5 Å². The van der Waals surface area contributed by atoms with E-state index in [9.17, 15) is 27.9 Å². The number of halogens is 3. The minimum absolute atomic E-state index is 0.0113. The second kappa shape index (κ2) is 12.2. The Labute approximate surface area is 237 Å². The molecule has 3 aromatic rings. The fraction of sp³-hybridized carbons (Fsp3) is 0.355. The number of benzene rings is 3.